The van der Waals surface area contributed by atoms with E-state index in [0.717, 1.165) is 0 Å². The van der Waals surface area contributed by atoms with Crippen LogP contribution in [0.25, 0.3) is 0 Å². The summed E-state index contributed by atoms with van der Waals surface area (Å²) in [6.45, 7) is 9.29. The summed E-state index contributed by atoms with van der Waals surface area (Å²) < 4.78 is 1.26. The van der Waals surface area contributed by atoms with Gasteiger partial charge in [-0.2, -0.15) is 0 Å². The molecule has 92 valence electrons. The fourth-order valence-electron chi connectivity index (χ4n) is 2.79. The lowest BCUT2D eigenvalue weighted by molar-refractivity contribution is 0.300. The second-order valence-electron chi connectivity index (χ2n) is 6.19. The Kier molecular flexibility index (Phi) is 3.17. The normalized spacial score (nSPS) is 43.0. The maximum absolute atomic E-state index is 3.95. The van der Waals surface area contributed by atoms with Gasteiger partial charge in [-0.25, -0.2) is 0 Å². The molecule has 2 atom stereocenters. The van der Waals surface area contributed by atoms with E-state index in [4.69, 9.17) is 0 Å². The molecule has 0 saturated heterocycles. The number of rotatable bonds is 0. The first-order valence-corrected chi connectivity index (χ1v) is 8.59. The van der Waals surface area contributed by atoms with E-state index >= 15 is 0 Å². The zero-order chi connectivity index (χ0) is 12.6. The van der Waals surface area contributed by atoms with Gasteiger partial charge in [-0.1, -0.05) is 91.4 Å². The van der Waals surface area contributed by atoms with Crippen molar-refractivity contribution in [2.24, 2.45) is 16.7 Å². The number of hydrogen-bond acceptors (Lipinski definition) is 0. The summed E-state index contributed by atoms with van der Waals surface area (Å²) in [5.74, 6) is 0.678. The highest BCUT2D eigenvalue weighted by molar-refractivity contribution is 9.25. The molecule has 0 nitrogen and oxygen atoms in total. The third-order valence-corrected chi connectivity index (χ3v) is 10.5. The zero-order valence-corrected chi connectivity index (χ0v) is 16.2. The van der Waals surface area contributed by atoms with Crippen molar-refractivity contribution in [1.29, 1.82) is 0 Å². The van der Waals surface area contributed by atoms with Crippen LogP contribution in [0.4, 0.5) is 0 Å². The topological polar surface area (TPSA) is 0 Å². The third-order valence-electron chi connectivity index (χ3n) is 4.48. The molecule has 0 radical (unpaired) electrons. The first kappa shape index (κ1) is 14.1. The highest BCUT2D eigenvalue weighted by Crippen LogP contribution is 2.77. The smallest absolute Gasteiger partial charge is 0.0786 e. The Labute approximate surface area is 132 Å². The molecule has 0 aromatic heterocycles. The lowest BCUT2D eigenvalue weighted by atomic mass is 9.82. The number of halogens is 4. The van der Waals surface area contributed by atoms with Crippen molar-refractivity contribution in [3.63, 3.8) is 0 Å². The minimum Gasteiger partial charge on any atom is -0.0786 e. The van der Waals surface area contributed by atoms with Gasteiger partial charge in [-0.15, -0.1) is 0 Å². The van der Waals surface area contributed by atoms with Crippen LogP contribution in [-0.4, -0.2) is 7.56 Å². The van der Waals surface area contributed by atoms with Crippen LogP contribution in [0.1, 0.15) is 34.1 Å². The first-order valence-electron chi connectivity index (χ1n) is 5.42. The molecule has 16 heavy (non-hydrogen) atoms. The van der Waals surface area contributed by atoms with Crippen molar-refractivity contribution in [3.05, 3.63) is 10.6 Å². The third kappa shape index (κ3) is 1.61. The van der Waals surface area contributed by atoms with Gasteiger partial charge in [0.15, 0.2) is 0 Å². The number of alkyl halides is 3. The summed E-state index contributed by atoms with van der Waals surface area (Å²) in [4.78, 5) is 0. The monoisotopic (exact) mass is 476 g/mol. The fourth-order valence-corrected chi connectivity index (χ4v) is 6.33. The predicted octanol–water partition coefficient (Wildman–Crippen LogP) is 5.97. The van der Waals surface area contributed by atoms with E-state index in [1.54, 1.807) is 0 Å². The van der Waals surface area contributed by atoms with Gasteiger partial charge in [-0.05, 0) is 29.2 Å². The molecular weight excluding hydrogens is 464 g/mol. The maximum atomic E-state index is 3.95. The Morgan fingerprint density at radius 1 is 1.12 bits per heavy atom. The van der Waals surface area contributed by atoms with Crippen molar-refractivity contribution in [2.45, 2.75) is 41.7 Å². The predicted molar refractivity (Wildman–Crippen MR) is 84.9 cm³/mol. The minimum atomic E-state index is -0.129. The molecule has 2 rings (SSSR count). The van der Waals surface area contributed by atoms with Gasteiger partial charge in [-0.3, -0.25) is 0 Å². The van der Waals surface area contributed by atoms with Crippen LogP contribution >= 0.6 is 63.7 Å². The van der Waals surface area contributed by atoms with E-state index in [-0.39, 0.29) is 13.0 Å². The maximum Gasteiger partial charge on any atom is 0.105 e. The quantitative estimate of drug-likeness (QED) is 0.375. The second kappa shape index (κ2) is 3.61. The average Bonchev–Trinajstić information content (AvgIpc) is 2.50. The Morgan fingerprint density at radius 3 is 2.12 bits per heavy atom. The first-order chi connectivity index (χ1) is 6.97. The van der Waals surface area contributed by atoms with Crippen molar-refractivity contribution >= 4 is 63.7 Å². The highest BCUT2D eigenvalue weighted by atomic mass is 79.9. The van der Waals surface area contributed by atoms with Gasteiger partial charge >= 0.3 is 0 Å². The van der Waals surface area contributed by atoms with Gasteiger partial charge in [0.25, 0.3) is 0 Å². The van der Waals surface area contributed by atoms with Crippen LogP contribution < -0.4 is 0 Å². The molecule has 0 aromatic carbocycles. The van der Waals surface area contributed by atoms with Crippen molar-refractivity contribution in [3.8, 4) is 0 Å². The lowest BCUT2D eigenvalue weighted by Gasteiger charge is -2.36. The molecule has 2 aliphatic carbocycles. The van der Waals surface area contributed by atoms with E-state index in [1.165, 1.54) is 10.9 Å². The lowest BCUT2D eigenvalue weighted by Crippen LogP contribution is -2.32. The molecular formula is C12H16Br4. The highest BCUT2D eigenvalue weighted by Gasteiger charge is 2.73. The number of allylic oxidation sites excluding steroid dienone is 2. The average molecular weight is 480 g/mol. The SMILES string of the molecule is CC1(C)CC2C(C)(C)C2(Br)C(Br)=CC1(Br)Br. The molecule has 0 aromatic rings. The molecule has 2 aliphatic rings. The van der Waals surface area contributed by atoms with E-state index in [0.29, 0.717) is 11.3 Å². The van der Waals surface area contributed by atoms with Gasteiger partial charge in [0.1, 0.15) is 3.23 Å². The van der Waals surface area contributed by atoms with Gasteiger partial charge < -0.3 is 0 Å². The molecule has 0 bridgehead atoms. The van der Waals surface area contributed by atoms with Crippen LogP contribution in [0.2, 0.25) is 0 Å². The van der Waals surface area contributed by atoms with E-state index < -0.39 is 0 Å². The van der Waals surface area contributed by atoms with E-state index in [1.807, 2.05) is 0 Å². The molecule has 0 aliphatic heterocycles. The molecule has 1 saturated carbocycles. The molecule has 0 amide bonds. The summed E-state index contributed by atoms with van der Waals surface area (Å²) in [5, 5.41) is 0. The summed E-state index contributed by atoms with van der Waals surface area (Å²) in [6, 6.07) is 0. The molecule has 2 unspecified atom stereocenters. The Balaban J connectivity index is 2.51. The van der Waals surface area contributed by atoms with E-state index in [9.17, 15) is 0 Å². The zero-order valence-electron chi connectivity index (χ0n) is 9.87. The molecule has 4 heteroatoms. The second-order valence-corrected chi connectivity index (χ2v) is 11.9. The standard InChI is InChI=1S/C12H16Br4/c1-9(2)5-7-10(3,4)12(7,16)8(13)6-11(9,14)15/h6-7H,5H2,1-4H3. The molecule has 1 fully saturated rings. The van der Waals surface area contributed by atoms with Gasteiger partial charge in [0.05, 0.1) is 4.32 Å². The van der Waals surface area contributed by atoms with Crippen LogP contribution in [0.3, 0.4) is 0 Å². The van der Waals surface area contributed by atoms with Crippen molar-refractivity contribution in [2.75, 3.05) is 0 Å². The summed E-state index contributed by atoms with van der Waals surface area (Å²) in [5.41, 5.74) is 0.510. The summed E-state index contributed by atoms with van der Waals surface area (Å²) in [7, 11) is 0. The largest absolute Gasteiger partial charge is 0.105 e. The Bertz CT molecular complexity index is 367. The summed E-state index contributed by atoms with van der Waals surface area (Å²) >= 11 is 15.3. The minimum absolute atomic E-state index is 0.126. The van der Waals surface area contributed by atoms with Crippen LogP contribution in [-0.2, 0) is 0 Å². The Hall–Kier alpha value is 1.66. The van der Waals surface area contributed by atoms with E-state index in [2.05, 4.69) is 97.5 Å². The molecule has 0 heterocycles. The molecule has 0 spiro atoms. The van der Waals surface area contributed by atoms with Gasteiger partial charge in [0, 0.05) is 4.48 Å². The summed E-state index contributed by atoms with van der Waals surface area (Å²) in [6.07, 6.45) is 3.45. The van der Waals surface area contributed by atoms with Crippen molar-refractivity contribution < 1.29 is 0 Å². The van der Waals surface area contributed by atoms with Crippen LogP contribution in [0.5, 0.6) is 0 Å². The number of fused-ring (bicyclic) bond motifs is 1. The van der Waals surface area contributed by atoms with Crippen LogP contribution in [0, 0.1) is 16.7 Å². The number of hydrogen-bond donors (Lipinski definition) is 0. The fraction of sp³-hybridized carbons (Fsp3) is 0.833. The molecule has 0 N–H and O–H groups in total. The van der Waals surface area contributed by atoms with Gasteiger partial charge in [0.2, 0.25) is 0 Å². The van der Waals surface area contributed by atoms with Crippen LogP contribution in [0.15, 0.2) is 10.6 Å². The van der Waals surface area contributed by atoms with Crippen molar-refractivity contribution in [1.82, 2.24) is 0 Å². The Morgan fingerprint density at radius 2 is 1.62 bits per heavy atom.